The van der Waals surface area contributed by atoms with Gasteiger partial charge in [0.15, 0.2) is 11.5 Å². The predicted octanol–water partition coefficient (Wildman–Crippen LogP) is 3.87. The molecule has 0 amide bonds. The second-order valence-corrected chi connectivity index (χ2v) is 5.15. The maximum Gasteiger partial charge on any atom is 0.178 e. The Morgan fingerprint density at radius 1 is 1.17 bits per heavy atom. The molecule has 1 aromatic rings. The van der Waals surface area contributed by atoms with Gasteiger partial charge in [-0.25, -0.2) is 0 Å². The highest BCUT2D eigenvalue weighted by Gasteiger charge is 2.14. The van der Waals surface area contributed by atoms with Crippen molar-refractivity contribution >= 4 is 0 Å². The molecule has 0 saturated heterocycles. The first-order chi connectivity index (χ1) is 8.83. The molecule has 2 heterocycles. The zero-order valence-corrected chi connectivity index (χ0v) is 11.7. The van der Waals surface area contributed by atoms with E-state index in [2.05, 4.69) is 30.8 Å². The molecule has 102 valence electrons. The summed E-state index contributed by atoms with van der Waals surface area (Å²) in [6.07, 6.45) is 10.3. The summed E-state index contributed by atoms with van der Waals surface area (Å²) < 4.78 is 13.6. The SMILES string of the molecule is CCCCC(CC)Cn1cc2c(c1)OCCCO2. The Hall–Kier alpha value is -1.12. The van der Waals surface area contributed by atoms with Crippen LogP contribution in [0.25, 0.3) is 0 Å². The molecule has 1 aliphatic rings. The molecule has 0 bridgehead atoms. The molecule has 0 aliphatic carbocycles. The van der Waals surface area contributed by atoms with Gasteiger partial charge in [0.25, 0.3) is 0 Å². The van der Waals surface area contributed by atoms with E-state index in [9.17, 15) is 0 Å². The number of fused-ring (bicyclic) bond motifs is 1. The first-order valence-corrected chi connectivity index (χ1v) is 7.28. The van der Waals surface area contributed by atoms with Crippen LogP contribution in [0.1, 0.15) is 46.0 Å². The van der Waals surface area contributed by atoms with Gasteiger partial charge in [0.05, 0.1) is 25.6 Å². The van der Waals surface area contributed by atoms with E-state index < -0.39 is 0 Å². The van der Waals surface area contributed by atoms with E-state index in [1.807, 2.05) is 0 Å². The molecule has 0 spiro atoms. The third-order valence-electron chi connectivity index (χ3n) is 3.63. The quantitative estimate of drug-likeness (QED) is 0.766. The van der Waals surface area contributed by atoms with Gasteiger partial charge in [-0.1, -0.05) is 33.1 Å². The first-order valence-electron chi connectivity index (χ1n) is 7.28. The predicted molar refractivity (Wildman–Crippen MR) is 73.3 cm³/mol. The molecule has 1 unspecified atom stereocenters. The maximum atomic E-state index is 5.68. The number of hydrogen-bond acceptors (Lipinski definition) is 2. The molecule has 1 aromatic heterocycles. The van der Waals surface area contributed by atoms with Crippen molar-refractivity contribution < 1.29 is 9.47 Å². The van der Waals surface area contributed by atoms with Crippen molar-refractivity contribution in [1.82, 2.24) is 4.57 Å². The minimum absolute atomic E-state index is 0.765. The Bertz CT molecular complexity index is 336. The van der Waals surface area contributed by atoms with Crippen molar-refractivity contribution in [1.29, 1.82) is 0 Å². The number of ether oxygens (including phenoxy) is 2. The molecule has 1 aliphatic heterocycles. The van der Waals surface area contributed by atoms with Gasteiger partial charge < -0.3 is 14.0 Å². The lowest BCUT2D eigenvalue weighted by molar-refractivity contribution is 0.291. The summed E-state index contributed by atoms with van der Waals surface area (Å²) in [6, 6.07) is 0. The van der Waals surface area contributed by atoms with Gasteiger partial charge in [0, 0.05) is 13.0 Å². The average Bonchev–Trinajstić information content (AvgIpc) is 2.64. The number of aromatic nitrogens is 1. The molecular weight excluding hydrogens is 226 g/mol. The van der Waals surface area contributed by atoms with Crippen molar-refractivity contribution in [3.63, 3.8) is 0 Å². The van der Waals surface area contributed by atoms with Gasteiger partial charge in [-0.15, -0.1) is 0 Å². The molecule has 3 heteroatoms. The molecule has 0 aromatic carbocycles. The summed E-state index contributed by atoms with van der Waals surface area (Å²) in [7, 11) is 0. The van der Waals surface area contributed by atoms with Crippen LogP contribution in [-0.4, -0.2) is 17.8 Å². The molecular formula is C15H25NO2. The van der Waals surface area contributed by atoms with Crippen LogP contribution in [0.2, 0.25) is 0 Å². The number of hydrogen-bond donors (Lipinski definition) is 0. The summed E-state index contributed by atoms with van der Waals surface area (Å²) in [5.74, 6) is 2.59. The lowest BCUT2D eigenvalue weighted by Gasteiger charge is -2.15. The van der Waals surface area contributed by atoms with Gasteiger partial charge in [0.2, 0.25) is 0 Å². The van der Waals surface area contributed by atoms with Crippen molar-refractivity contribution in [2.75, 3.05) is 13.2 Å². The number of unbranched alkanes of at least 4 members (excludes halogenated alkanes) is 1. The molecule has 0 saturated carbocycles. The summed E-state index contributed by atoms with van der Waals surface area (Å²) in [5, 5.41) is 0. The molecule has 0 fully saturated rings. The smallest absolute Gasteiger partial charge is 0.178 e. The van der Waals surface area contributed by atoms with E-state index in [1.54, 1.807) is 0 Å². The van der Waals surface area contributed by atoms with Crippen LogP contribution in [0.4, 0.5) is 0 Å². The van der Waals surface area contributed by atoms with Crippen LogP contribution >= 0.6 is 0 Å². The third-order valence-corrected chi connectivity index (χ3v) is 3.63. The zero-order chi connectivity index (χ0) is 12.8. The van der Waals surface area contributed by atoms with Crippen LogP contribution in [0.5, 0.6) is 11.5 Å². The zero-order valence-electron chi connectivity index (χ0n) is 11.7. The summed E-state index contributed by atoms with van der Waals surface area (Å²) in [4.78, 5) is 0. The molecule has 0 N–H and O–H groups in total. The van der Waals surface area contributed by atoms with Crippen LogP contribution < -0.4 is 9.47 Å². The van der Waals surface area contributed by atoms with E-state index in [0.717, 1.165) is 43.6 Å². The minimum atomic E-state index is 0.765. The molecule has 18 heavy (non-hydrogen) atoms. The van der Waals surface area contributed by atoms with Gasteiger partial charge in [-0.05, 0) is 12.3 Å². The Morgan fingerprint density at radius 3 is 2.39 bits per heavy atom. The van der Waals surface area contributed by atoms with Gasteiger partial charge in [-0.3, -0.25) is 0 Å². The van der Waals surface area contributed by atoms with Crippen molar-refractivity contribution in [3.8, 4) is 11.5 Å². The van der Waals surface area contributed by atoms with E-state index >= 15 is 0 Å². The Morgan fingerprint density at radius 2 is 1.83 bits per heavy atom. The topological polar surface area (TPSA) is 23.4 Å². The molecule has 0 radical (unpaired) electrons. The Labute approximate surface area is 110 Å². The number of rotatable bonds is 6. The third kappa shape index (κ3) is 3.44. The Kier molecular flexibility index (Phi) is 4.97. The van der Waals surface area contributed by atoms with E-state index in [4.69, 9.17) is 9.47 Å². The fourth-order valence-corrected chi connectivity index (χ4v) is 2.43. The van der Waals surface area contributed by atoms with Gasteiger partial charge in [-0.2, -0.15) is 0 Å². The maximum absolute atomic E-state index is 5.68. The van der Waals surface area contributed by atoms with Crippen LogP contribution in [-0.2, 0) is 6.54 Å². The summed E-state index contributed by atoms with van der Waals surface area (Å²) in [5.41, 5.74) is 0. The normalized spacial score (nSPS) is 16.3. The van der Waals surface area contributed by atoms with Crippen molar-refractivity contribution in [3.05, 3.63) is 12.4 Å². The number of nitrogens with zero attached hydrogens (tertiary/aromatic N) is 1. The molecule has 2 rings (SSSR count). The second kappa shape index (κ2) is 6.72. The lowest BCUT2D eigenvalue weighted by Crippen LogP contribution is -2.09. The largest absolute Gasteiger partial charge is 0.488 e. The fraction of sp³-hybridized carbons (Fsp3) is 0.733. The van der Waals surface area contributed by atoms with E-state index in [0.29, 0.717) is 0 Å². The standard InChI is InChI=1S/C15H25NO2/c1-3-5-7-13(4-2)10-16-11-14-15(12-16)18-9-6-8-17-14/h11-13H,3-10H2,1-2H3. The monoisotopic (exact) mass is 251 g/mol. The highest BCUT2D eigenvalue weighted by Crippen LogP contribution is 2.31. The first kappa shape index (κ1) is 13.3. The molecule has 1 atom stereocenters. The molecule has 3 nitrogen and oxygen atoms in total. The Balaban J connectivity index is 1.96. The van der Waals surface area contributed by atoms with Gasteiger partial charge in [0.1, 0.15) is 0 Å². The summed E-state index contributed by atoms with van der Waals surface area (Å²) >= 11 is 0. The van der Waals surface area contributed by atoms with Crippen LogP contribution in [0.15, 0.2) is 12.4 Å². The van der Waals surface area contributed by atoms with E-state index in [-0.39, 0.29) is 0 Å². The highest BCUT2D eigenvalue weighted by atomic mass is 16.5. The van der Waals surface area contributed by atoms with Gasteiger partial charge >= 0.3 is 0 Å². The fourth-order valence-electron chi connectivity index (χ4n) is 2.43. The van der Waals surface area contributed by atoms with Crippen LogP contribution in [0, 0.1) is 5.92 Å². The van der Waals surface area contributed by atoms with E-state index in [1.165, 1.54) is 25.7 Å². The second-order valence-electron chi connectivity index (χ2n) is 5.15. The lowest BCUT2D eigenvalue weighted by atomic mass is 9.99. The summed E-state index contributed by atoms with van der Waals surface area (Å²) in [6.45, 7) is 7.15. The van der Waals surface area contributed by atoms with Crippen molar-refractivity contribution in [2.45, 2.75) is 52.5 Å². The average molecular weight is 251 g/mol. The highest BCUT2D eigenvalue weighted by molar-refractivity contribution is 5.38. The van der Waals surface area contributed by atoms with Crippen molar-refractivity contribution in [2.24, 2.45) is 5.92 Å². The van der Waals surface area contributed by atoms with Crippen LogP contribution in [0.3, 0.4) is 0 Å². The minimum Gasteiger partial charge on any atom is -0.488 e.